The van der Waals surface area contributed by atoms with Gasteiger partial charge in [0.2, 0.25) is 0 Å². The number of aliphatic imine (C=N–C) groups is 3. The zero-order chi connectivity index (χ0) is 7.07. The van der Waals surface area contributed by atoms with Gasteiger partial charge >= 0.3 is 0 Å². The summed E-state index contributed by atoms with van der Waals surface area (Å²) >= 11 is 0. The topological polar surface area (TPSA) is 37.1 Å². The molecule has 2 rings (SSSR count). The Hall–Kier alpha value is -1.25. The van der Waals surface area contributed by atoms with E-state index < -0.39 is 0 Å². The minimum absolute atomic E-state index is 0.639. The summed E-state index contributed by atoms with van der Waals surface area (Å²) in [7, 11) is 0. The standard InChI is InChI=1S/C4H5N.C3H4N2/c1-2-4-5-3-1;1-2-5-3-4-1/h1,3-4H,2H2;1-2H,3H2. The average molecular weight is 135 g/mol. The van der Waals surface area contributed by atoms with Crippen molar-refractivity contribution in [3.63, 3.8) is 0 Å². The third kappa shape index (κ3) is 2.91. The van der Waals surface area contributed by atoms with Crippen LogP contribution in [0.4, 0.5) is 0 Å². The summed E-state index contributed by atoms with van der Waals surface area (Å²) in [5, 5.41) is 0. The minimum atomic E-state index is 0.639. The molecule has 0 N–H and O–H groups in total. The molecule has 0 unspecified atom stereocenters. The summed E-state index contributed by atoms with van der Waals surface area (Å²) < 4.78 is 0. The molecule has 0 aromatic carbocycles. The highest BCUT2D eigenvalue weighted by Crippen LogP contribution is 1.86. The monoisotopic (exact) mass is 135 g/mol. The van der Waals surface area contributed by atoms with E-state index in [0.717, 1.165) is 6.42 Å². The molecule has 0 saturated carbocycles. The molecule has 0 fully saturated rings. The molecule has 0 aromatic rings. The van der Waals surface area contributed by atoms with E-state index in [2.05, 4.69) is 15.0 Å². The third-order valence-corrected chi connectivity index (χ3v) is 0.979. The van der Waals surface area contributed by atoms with Crippen LogP contribution in [0.1, 0.15) is 6.42 Å². The zero-order valence-corrected chi connectivity index (χ0v) is 5.64. The molecule has 2 aliphatic rings. The highest BCUT2D eigenvalue weighted by molar-refractivity contribution is 6.17. The van der Waals surface area contributed by atoms with Crippen molar-refractivity contribution in [3.8, 4) is 0 Å². The van der Waals surface area contributed by atoms with E-state index in [9.17, 15) is 0 Å². The molecular formula is C7H9N3. The van der Waals surface area contributed by atoms with Crippen LogP contribution < -0.4 is 0 Å². The van der Waals surface area contributed by atoms with E-state index in [-0.39, 0.29) is 0 Å². The first-order valence-corrected chi connectivity index (χ1v) is 3.15. The van der Waals surface area contributed by atoms with Gasteiger partial charge in [-0.15, -0.1) is 0 Å². The largest absolute Gasteiger partial charge is 0.269 e. The Bertz CT molecular complexity index is 147. The van der Waals surface area contributed by atoms with Gasteiger partial charge in [0.15, 0.2) is 0 Å². The molecule has 0 amide bonds. The highest BCUT2D eigenvalue weighted by atomic mass is 14.9. The third-order valence-electron chi connectivity index (χ3n) is 0.979. The first-order chi connectivity index (χ1) is 5.00. The SMILES string of the molecule is C1=CN=CC1.C1=NCN=C1. The number of nitrogens with zero attached hydrogens (tertiary/aromatic N) is 3. The van der Waals surface area contributed by atoms with Gasteiger partial charge in [0.05, 0.1) is 0 Å². The molecule has 0 radical (unpaired) electrons. The first-order valence-electron chi connectivity index (χ1n) is 3.15. The maximum atomic E-state index is 3.78. The van der Waals surface area contributed by atoms with E-state index in [1.54, 1.807) is 18.6 Å². The summed E-state index contributed by atoms with van der Waals surface area (Å²) in [6, 6.07) is 0. The van der Waals surface area contributed by atoms with Crippen LogP contribution in [0.25, 0.3) is 0 Å². The lowest BCUT2D eigenvalue weighted by Crippen LogP contribution is -1.56. The Labute approximate surface area is 59.9 Å². The minimum Gasteiger partial charge on any atom is -0.269 e. The summed E-state index contributed by atoms with van der Waals surface area (Å²) in [6.07, 6.45) is 10.1. The van der Waals surface area contributed by atoms with Gasteiger partial charge < -0.3 is 0 Å². The molecule has 3 heteroatoms. The van der Waals surface area contributed by atoms with E-state index in [1.807, 2.05) is 12.3 Å². The van der Waals surface area contributed by atoms with Gasteiger partial charge in [-0.25, -0.2) is 0 Å². The molecular weight excluding hydrogens is 126 g/mol. The molecule has 10 heavy (non-hydrogen) atoms. The molecule has 0 atom stereocenters. The van der Waals surface area contributed by atoms with Crippen LogP contribution in [0.15, 0.2) is 27.3 Å². The Kier molecular flexibility index (Phi) is 3.17. The van der Waals surface area contributed by atoms with Crippen LogP contribution in [0.3, 0.4) is 0 Å². The molecule has 52 valence electrons. The van der Waals surface area contributed by atoms with Crippen molar-refractivity contribution in [1.29, 1.82) is 0 Å². The fourth-order valence-corrected chi connectivity index (χ4v) is 0.540. The van der Waals surface area contributed by atoms with Gasteiger partial charge in [0.1, 0.15) is 6.67 Å². The van der Waals surface area contributed by atoms with Crippen LogP contribution in [0.2, 0.25) is 0 Å². The zero-order valence-electron chi connectivity index (χ0n) is 5.64. The molecule has 0 bridgehead atoms. The molecule has 0 aliphatic carbocycles. The van der Waals surface area contributed by atoms with E-state index >= 15 is 0 Å². The quantitative estimate of drug-likeness (QED) is 0.476. The van der Waals surface area contributed by atoms with Gasteiger partial charge in [-0.1, -0.05) is 6.08 Å². The summed E-state index contributed by atoms with van der Waals surface area (Å²) in [4.78, 5) is 11.2. The van der Waals surface area contributed by atoms with Crippen LogP contribution in [0.5, 0.6) is 0 Å². The number of allylic oxidation sites excluding steroid dienone is 1. The van der Waals surface area contributed by atoms with Crippen LogP contribution in [-0.2, 0) is 0 Å². The average Bonchev–Trinajstić information content (AvgIpc) is 2.67. The number of rotatable bonds is 0. The van der Waals surface area contributed by atoms with Crippen molar-refractivity contribution < 1.29 is 0 Å². The Balaban J connectivity index is 0.0000001000. The normalized spacial score (nSPS) is 17.6. The Morgan fingerprint density at radius 2 is 1.90 bits per heavy atom. The van der Waals surface area contributed by atoms with Gasteiger partial charge in [-0.2, -0.15) is 0 Å². The fraction of sp³-hybridized carbons (Fsp3) is 0.286. The van der Waals surface area contributed by atoms with Gasteiger partial charge in [0.25, 0.3) is 0 Å². The maximum Gasteiger partial charge on any atom is 0.129 e. The van der Waals surface area contributed by atoms with E-state index in [1.165, 1.54) is 0 Å². The second-order valence-corrected chi connectivity index (χ2v) is 1.76. The lowest BCUT2D eigenvalue weighted by Gasteiger charge is -1.61. The Morgan fingerprint density at radius 3 is 2.10 bits per heavy atom. The summed E-state index contributed by atoms with van der Waals surface area (Å²) in [5.41, 5.74) is 0. The van der Waals surface area contributed by atoms with Crippen molar-refractivity contribution in [2.75, 3.05) is 6.67 Å². The predicted octanol–water partition coefficient (Wildman–Crippen LogP) is 1.07. The molecule has 0 aromatic heterocycles. The highest BCUT2D eigenvalue weighted by Gasteiger charge is 1.73. The second kappa shape index (κ2) is 4.61. The lowest BCUT2D eigenvalue weighted by atomic mass is 10.5. The van der Waals surface area contributed by atoms with Crippen molar-refractivity contribution >= 4 is 18.6 Å². The van der Waals surface area contributed by atoms with Gasteiger partial charge in [0, 0.05) is 31.3 Å². The Morgan fingerprint density at radius 1 is 1.10 bits per heavy atom. The summed E-state index contributed by atoms with van der Waals surface area (Å²) in [6.45, 7) is 0.639. The van der Waals surface area contributed by atoms with Gasteiger partial charge in [-0.05, 0) is 0 Å². The van der Waals surface area contributed by atoms with Crippen molar-refractivity contribution in [2.45, 2.75) is 6.42 Å². The van der Waals surface area contributed by atoms with Gasteiger partial charge in [-0.3, -0.25) is 15.0 Å². The van der Waals surface area contributed by atoms with Crippen molar-refractivity contribution in [3.05, 3.63) is 12.3 Å². The molecule has 2 heterocycles. The van der Waals surface area contributed by atoms with Crippen LogP contribution in [-0.4, -0.2) is 25.3 Å². The summed E-state index contributed by atoms with van der Waals surface area (Å²) in [5.74, 6) is 0. The van der Waals surface area contributed by atoms with Crippen LogP contribution in [0, 0.1) is 0 Å². The van der Waals surface area contributed by atoms with E-state index in [0.29, 0.717) is 6.67 Å². The lowest BCUT2D eigenvalue weighted by molar-refractivity contribution is 1.11. The molecule has 0 spiro atoms. The van der Waals surface area contributed by atoms with Crippen LogP contribution >= 0.6 is 0 Å². The molecule has 3 nitrogen and oxygen atoms in total. The van der Waals surface area contributed by atoms with E-state index in [4.69, 9.17) is 0 Å². The van der Waals surface area contributed by atoms with Crippen molar-refractivity contribution in [1.82, 2.24) is 0 Å². The molecule has 2 aliphatic heterocycles. The van der Waals surface area contributed by atoms with Crippen molar-refractivity contribution in [2.24, 2.45) is 15.0 Å². The molecule has 0 saturated heterocycles. The first kappa shape index (κ1) is 6.86. The number of hydrogen-bond acceptors (Lipinski definition) is 3. The fourth-order valence-electron chi connectivity index (χ4n) is 0.540. The predicted molar refractivity (Wildman–Crippen MR) is 44.1 cm³/mol. The number of hydrogen-bond donors (Lipinski definition) is 0. The second-order valence-electron chi connectivity index (χ2n) is 1.76. The maximum absolute atomic E-state index is 3.78. The smallest absolute Gasteiger partial charge is 0.129 e.